The van der Waals surface area contributed by atoms with Crippen LogP contribution in [-0.4, -0.2) is 27.1 Å². The number of para-hydroxylation sites is 2. The predicted molar refractivity (Wildman–Crippen MR) is 92.3 cm³/mol. The second kappa shape index (κ2) is 4.98. The summed E-state index contributed by atoms with van der Waals surface area (Å²) >= 11 is 0. The topological polar surface area (TPSA) is 65.0 Å². The number of nitrogens with one attached hydrogen (secondary N) is 1. The van der Waals surface area contributed by atoms with Crippen LogP contribution in [0.3, 0.4) is 0 Å². The molecule has 5 heteroatoms. The van der Waals surface area contributed by atoms with E-state index < -0.39 is 0 Å². The van der Waals surface area contributed by atoms with Gasteiger partial charge < -0.3 is 15.0 Å². The first-order valence-corrected chi connectivity index (χ1v) is 7.41. The van der Waals surface area contributed by atoms with Crippen molar-refractivity contribution in [2.45, 2.75) is 6.92 Å². The minimum absolute atomic E-state index is 0.224. The van der Waals surface area contributed by atoms with E-state index in [9.17, 15) is 5.11 Å². The number of benzene rings is 2. The van der Waals surface area contributed by atoms with Crippen molar-refractivity contribution in [3.63, 3.8) is 0 Å². The molecule has 2 N–H and O–H groups in total. The van der Waals surface area contributed by atoms with E-state index in [4.69, 9.17) is 0 Å². The molecule has 0 amide bonds. The Balaban J connectivity index is 1.91. The molecule has 4 aromatic rings. The number of aromatic amines is 1. The number of nitrogens with zero attached hydrogens (tertiary/aromatic N) is 3. The number of pyridine rings is 1. The number of fused-ring (bicyclic) bond motifs is 2. The first-order valence-electron chi connectivity index (χ1n) is 7.41. The summed E-state index contributed by atoms with van der Waals surface area (Å²) in [5, 5.41) is 10.7. The normalized spacial score (nSPS) is 11.2. The van der Waals surface area contributed by atoms with E-state index in [1.807, 2.05) is 55.3 Å². The predicted octanol–water partition coefficient (Wildman–Crippen LogP) is 3.89. The third kappa shape index (κ3) is 2.26. The van der Waals surface area contributed by atoms with E-state index in [2.05, 4.69) is 15.0 Å². The van der Waals surface area contributed by atoms with Gasteiger partial charge in [0.15, 0.2) is 0 Å². The average molecular weight is 304 g/mol. The average Bonchev–Trinajstić information content (AvgIpc) is 2.98. The zero-order valence-electron chi connectivity index (χ0n) is 12.9. The highest BCUT2D eigenvalue weighted by molar-refractivity contribution is 5.94. The lowest BCUT2D eigenvalue weighted by Gasteiger charge is -2.19. The minimum atomic E-state index is 0.224. The molecule has 2 aromatic heterocycles. The Hall–Kier alpha value is -3.08. The summed E-state index contributed by atoms with van der Waals surface area (Å²) < 4.78 is 0. The van der Waals surface area contributed by atoms with E-state index in [1.54, 1.807) is 12.1 Å². The molecular formula is C18H16N4O. The molecule has 0 aliphatic heterocycles. The lowest BCUT2D eigenvalue weighted by atomic mass is 10.1. The van der Waals surface area contributed by atoms with Crippen molar-refractivity contribution in [2.24, 2.45) is 0 Å². The molecule has 0 atom stereocenters. The van der Waals surface area contributed by atoms with Crippen molar-refractivity contribution >= 4 is 33.6 Å². The molecular weight excluding hydrogens is 288 g/mol. The molecule has 0 saturated heterocycles. The third-order valence-corrected chi connectivity index (χ3v) is 3.95. The van der Waals surface area contributed by atoms with E-state index in [-0.39, 0.29) is 5.75 Å². The van der Waals surface area contributed by atoms with Gasteiger partial charge in [-0.05, 0) is 43.3 Å². The summed E-state index contributed by atoms with van der Waals surface area (Å²) in [6, 6.07) is 15.1. The SMILES string of the molecule is Cc1cc(N(C)c2nc3ccccc3[nH]2)c2cc(O)ccc2n1. The second-order valence-electron chi connectivity index (χ2n) is 5.62. The molecule has 0 saturated carbocycles. The van der Waals surface area contributed by atoms with Gasteiger partial charge >= 0.3 is 0 Å². The molecule has 0 aliphatic carbocycles. The van der Waals surface area contributed by atoms with Crippen LogP contribution in [0.2, 0.25) is 0 Å². The van der Waals surface area contributed by atoms with E-state index in [0.717, 1.165) is 39.3 Å². The maximum Gasteiger partial charge on any atom is 0.208 e. The van der Waals surface area contributed by atoms with Crippen molar-refractivity contribution in [1.82, 2.24) is 15.0 Å². The molecule has 0 aliphatic rings. The van der Waals surface area contributed by atoms with Gasteiger partial charge in [0.1, 0.15) is 5.75 Å². The number of aromatic hydroxyl groups is 1. The molecule has 5 nitrogen and oxygen atoms in total. The monoisotopic (exact) mass is 304 g/mol. The second-order valence-corrected chi connectivity index (χ2v) is 5.62. The molecule has 0 fully saturated rings. The van der Waals surface area contributed by atoms with Crippen molar-refractivity contribution in [3.05, 3.63) is 54.2 Å². The zero-order chi connectivity index (χ0) is 16.0. The highest BCUT2D eigenvalue weighted by atomic mass is 16.3. The molecule has 114 valence electrons. The molecule has 0 unspecified atom stereocenters. The number of H-pyrrole nitrogens is 1. The molecule has 0 spiro atoms. The van der Waals surface area contributed by atoms with Crippen molar-refractivity contribution in [3.8, 4) is 5.75 Å². The number of aryl methyl sites for hydroxylation is 1. The van der Waals surface area contributed by atoms with E-state index >= 15 is 0 Å². The maximum atomic E-state index is 9.82. The summed E-state index contributed by atoms with van der Waals surface area (Å²) in [6.45, 7) is 1.96. The number of phenolic OH excluding ortho intramolecular Hbond substituents is 1. The minimum Gasteiger partial charge on any atom is -0.508 e. The summed E-state index contributed by atoms with van der Waals surface area (Å²) in [5.74, 6) is 0.976. The van der Waals surface area contributed by atoms with Gasteiger partial charge in [-0.15, -0.1) is 0 Å². The van der Waals surface area contributed by atoms with Gasteiger partial charge in [-0.2, -0.15) is 0 Å². The van der Waals surface area contributed by atoms with Crippen LogP contribution in [0.1, 0.15) is 5.69 Å². The van der Waals surface area contributed by atoms with Gasteiger partial charge in [0.05, 0.1) is 22.2 Å². The number of hydrogen-bond acceptors (Lipinski definition) is 4. The summed E-state index contributed by atoms with van der Waals surface area (Å²) in [6.07, 6.45) is 0. The lowest BCUT2D eigenvalue weighted by molar-refractivity contribution is 0.476. The Bertz CT molecular complexity index is 989. The summed E-state index contributed by atoms with van der Waals surface area (Å²) in [7, 11) is 1.95. The van der Waals surface area contributed by atoms with E-state index in [0.29, 0.717) is 0 Å². The van der Waals surface area contributed by atoms with Crippen LogP contribution < -0.4 is 4.90 Å². The highest BCUT2D eigenvalue weighted by Gasteiger charge is 2.14. The Labute approximate surface area is 133 Å². The van der Waals surface area contributed by atoms with Crippen LogP contribution >= 0.6 is 0 Å². The Morgan fingerprint density at radius 2 is 1.83 bits per heavy atom. The molecule has 0 bridgehead atoms. The van der Waals surface area contributed by atoms with Gasteiger partial charge in [-0.1, -0.05) is 12.1 Å². The fourth-order valence-electron chi connectivity index (χ4n) is 2.81. The third-order valence-electron chi connectivity index (χ3n) is 3.95. The molecule has 2 heterocycles. The number of phenols is 1. The first kappa shape index (κ1) is 13.6. The van der Waals surface area contributed by atoms with Crippen LogP contribution in [-0.2, 0) is 0 Å². The molecule has 0 radical (unpaired) electrons. The smallest absolute Gasteiger partial charge is 0.208 e. The summed E-state index contributed by atoms with van der Waals surface area (Å²) in [5.41, 5.74) is 4.63. The van der Waals surface area contributed by atoms with Crippen LogP contribution in [0, 0.1) is 6.92 Å². The Kier molecular flexibility index (Phi) is 2.94. The number of hydrogen-bond donors (Lipinski definition) is 2. The van der Waals surface area contributed by atoms with Crippen LogP contribution in [0.4, 0.5) is 11.6 Å². The molecule has 4 rings (SSSR count). The van der Waals surface area contributed by atoms with Crippen LogP contribution in [0.25, 0.3) is 21.9 Å². The fourth-order valence-corrected chi connectivity index (χ4v) is 2.81. The van der Waals surface area contributed by atoms with E-state index in [1.165, 1.54) is 0 Å². The first-order chi connectivity index (χ1) is 11.1. The van der Waals surface area contributed by atoms with Crippen molar-refractivity contribution in [2.75, 3.05) is 11.9 Å². The maximum absolute atomic E-state index is 9.82. The molecule has 23 heavy (non-hydrogen) atoms. The number of anilines is 2. The van der Waals surface area contributed by atoms with Gasteiger partial charge in [-0.25, -0.2) is 4.98 Å². The number of aromatic nitrogens is 3. The standard InChI is InChI=1S/C18H16N4O/c1-11-9-17(13-10-12(23)7-8-14(13)19-11)22(2)18-20-15-5-3-4-6-16(15)21-18/h3-10,23H,1-2H3,(H,20,21). The summed E-state index contributed by atoms with van der Waals surface area (Å²) in [4.78, 5) is 14.5. The van der Waals surface area contributed by atoms with Gasteiger partial charge in [-0.3, -0.25) is 4.98 Å². The zero-order valence-corrected chi connectivity index (χ0v) is 12.9. The number of imidazole rings is 1. The highest BCUT2D eigenvalue weighted by Crippen LogP contribution is 2.32. The molecule has 2 aromatic carbocycles. The number of rotatable bonds is 2. The van der Waals surface area contributed by atoms with Crippen LogP contribution in [0.15, 0.2) is 48.5 Å². The van der Waals surface area contributed by atoms with Gasteiger partial charge in [0, 0.05) is 18.1 Å². The largest absolute Gasteiger partial charge is 0.508 e. The lowest BCUT2D eigenvalue weighted by Crippen LogP contribution is -2.12. The van der Waals surface area contributed by atoms with Crippen LogP contribution in [0.5, 0.6) is 5.75 Å². The van der Waals surface area contributed by atoms with Crippen molar-refractivity contribution in [1.29, 1.82) is 0 Å². The van der Waals surface area contributed by atoms with Crippen molar-refractivity contribution < 1.29 is 5.11 Å². The van der Waals surface area contributed by atoms with Gasteiger partial charge in [0.2, 0.25) is 5.95 Å². The quantitative estimate of drug-likeness (QED) is 0.589. The Morgan fingerprint density at radius 3 is 2.65 bits per heavy atom. The van der Waals surface area contributed by atoms with Gasteiger partial charge in [0.25, 0.3) is 0 Å². The fraction of sp³-hybridized carbons (Fsp3) is 0.111. The Morgan fingerprint density at radius 1 is 1.00 bits per heavy atom.